The Kier molecular flexibility index (Phi) is 4.95. The number of nitrogens with one attached hydrogen (secondary N) is 2. The van der Waals surface area contributed by atoms with E-state index in [0.29, 0.717) is 10.9 Å². The van der Waals surface area contributed by atoms with Gasteiger partial charge >= 0.3 is 11.7 Å². The summed E-state index contributed by atoms with van der Waals surface area (Å²) in [5, 5.41) is 11.4. The number of rotatable bonds is 6. The van der Waals surface area contributed by atoms with Gasteiger partial charge in [-0.1, -0.05) is 12.1 Å². The summed E-state index contributed by atoms with van der Waals surface area (Å²) in [6.45, 7) is 1.44. The number of carboxylic acid groups (broad SMARTS) is 1. The van der Waals surface area contributed by atoms with Crippen LogP contribution in [0, 0.1) is 0 Å². The van der Waals surface area contributed by atoms with Gasteiger partial charge in [-0.15, -0.1) is 0 Å². The molecule has 1 atom stereocenters. The molecule has 0 aliphatic heterocycles. The molecule has 0 bridgehead atoms. The van der Waals surface area contributed by atoms with E-state index in [-0.39, 0.29) is 19.4 Å². The highest BCUT2D eigenvalue weighted by Crippen LogP contribution is 2.03. The molecule has 1 aromatic carbocycles. The Hall–Kier alpha value is -2.90. The van der Waals surface area contributed by atoms with Crippen LogP contribution >= 0.6 is 0 Å². The highest BCUT2D eigenvalue weighted by atomic mass is 16.4. The number of amides is 1. The minimum atomic E-state index is -1.12. The SMILES string of the molecule is CC(NC(=O)CCCn1c(=O)[nH]c2ccccc2c1=O)C(=O)O. The first-order valence-electron chi connectivity index (χ1n) is 7.14. The first kappa shape index (κ1) is 16.5. The quantitative estimate of drug-likeness (QED) is 0.695. The standard InChI is InChI=1S/C15H17N3O5/c1-9(14(21)22)16-12(19)7-4-8-18-13(20)10-5-2-3-6-11(10)17-15(18)23/h2-3,5-6,9H,4,7-8H2,1H3,(H,16,19)(H,17,23)(H,21,22). The number of carboxylic acids is 1. The number of hydrogen-bond donors (Lipinski definition) is 3. The summed E-state index contributed by atoms with van der Waals surface area (Å²) in [4.78, 5) is 49.0. The smallest absolute Gasteiger partial charge is 0.328 e. The Balaban J connectivity index is 2.06. The molecule has 8 heteroatoms. The van der Waals surface area contributed by atoms with Crippen molar-refractivity contribution in [2.45, 2.75) is 32.4 Å². The van der Waals surface area contributed by atoms with Crippen molar-refractivity contribution in [2.75, 3.05) is 0 Å². The third kappa shape index (κ3) is 3.85. The van der Waals surface area contributed by atoms with Crippen LogP contribution in [-0.2, 0) is 16.1 Å². The monoisotopic (exact) mass is 319 g/mol. The number of hydrogen-bond acceptors (Lipinski definition) is 4. The van der Waals surface area contributed by atoms with E-state index < -0.39 is 29.2 Å². The van der Waals surface area contributed by atoms with Crippen molar-refractivity contribution in [3.63, 3.8) is 0 Å². The maximum Gasteiger partial charge on any atom is 0.328 e. The molecule has 0 radical (unpaired) electrons. The lowest BCUT2D eigenvalue weighted by Gasteiger charge is -2.09. The highest BCUT2D eigenvalue weighted by molar-refractivity contribution is 5.83. The van der Waals surface area contributed by atoms with Crippen molar-refractivity contribution in [3.8, 4) is 0 Å². The van der Waals surface area contributed by atoms with Gasteiger partial charge in [0.2, 0.25) is 5.91 Å². The molecule has 0 fully saturated rings. The second-order valence-corrected chi connectivity index (χ2v) is 5.16. The molecule has 0 spiro atoms. The van der Waals surface area contributed by atoms with Gasteiger partial charge in [0, 0.05) is 13.0 Å². The summed E-state index contributed by atoms with van der Waals surface area (Å²) in [6, 6.07) is 5.70. The summed E-state index contributed by atoms with van der Waals surface area (Å²) < 4.78 is 1.04. The molecule has 1 unspecified atom stereocenters. The molecule has 0 saturated heterocycles. The first-order valence-corrected chi connectivity index (χ1v) is 7.14. The van der Waals surface area contributed by atoms with E-state index in [2.05, 4.69) is 10.3 Å². The van der Waals surface area contributed by atoms with Crippen LogP contribution in [0.3, 0.4) is 0 Å². The van der Waals surface area contributed by atoms with Crippen LogP contribution in [0.4, 0.5) is 0 Å². The minimum Gasteiger partial charge on any atom is -0.480 e. The van der Waals surface area contributed by atoms with Gasteiger partial charge in [-0.05, 0) is 25.5 Å². The third-order valence-corrected chi connectivity index (χ3v) is 3.42. The van der Waals surface area contributed by atoms with Crippen LogP contribution in [-0.4, -0.2) is 32.6 Å². The second kappa shape index (κ2) is 6.91. The highest BCUT2D eigenvalue weighted by Gasteiger charge is 2.14. The Morgan fingerprint density at radius 3 is 2.70 bits per heavy atom. The normalized spacial score (nSPS) is 12.0. The molecule has 2 rings (SSSR count). The van der Waals surface area contributed by atoms with Gasteiger partial charge in [0.25, 0.3) is 5.56 Å². The van der Waals surface area contributed by atoms with E-state index in [1.165, 1.54) is 6.92 Å². The lowest BCUT2D eigenvalue weighted by atomic mass is 10.2. The minimum absolute atomic E-state index is 0.0241. The number of carbonyl (C=O) groups excluding carboxylic acids is 1. The van der Waals surface area contributed by atoms with Gasteiger partial charge in [0.05, 0.1) is 10.9 Å². The zero-order valence-corrected chi connectivity index (χ0v) is 12.5. The van der Waals surface area contributed by atoms with Crippen molar-refractivity contribution >= 4 is 22.8 Å². The number of benzene rings is 1. The second-order valence-electron chi connectivity index (χ2n) is 5.16. The number of carbonyl (C=O) groups is 2. The first-order chi connectivity index (χ1) is 10.9. The summed E-state index contributed by atoms with van der Waals surface area (Å²) >= 11 is 0. The zero-order valence-electron chi connectivity index (χ0n) is 12.5. The Morgan fingerprint density at radius 1 is 1.30 bits per heavy atom. The number of nitrogens with zero attached hydrogens (tertiary/aromatic N) is 1. The molecular formula is C15H17N3O5. The topological polar surface area (TPSA) is 121 Å². The molecule has 0 aliphatic carbocycles. The fraction of sp³-hybridized carbons (Fsp3) is 0.333. The van der Waals surface area contributed by atoms with E-state index in [4.69, 9.17) is 5.11 Å². The molecular weight excluding hydrogens is 302 g/mol. The number of aliphatic carboxylic acids is 1. The molecule has 2 aromatic rings. The molecule has 0 aliphatic rings. The Labute approximate surface area is 130 Å². The summed E-state index contributed by atoms with van der Waals surface area (Å²) in [7, 11) is 0. The van der Waals surface area contributed by atoms with Crippen LogP contribution in [0.5, 0.6) is 0 Å². The molecule has 0 saturated carbocycles. The average molecular weight is 319 g/mol. The fourth-order valence-corrected chi connectivity index (χ4v) is 2.18. The lowest BCUT2D eigenvalue weighted by Crippen LogP contribution is -2.39. The van der Waals surface area contributed by atoms with Gasteiger partial charge < -0.3 is 15.4 Å². The molecule has 1 heterocycles. The summed E-state index contributed by atoms with van der Waals surface area (Å²) in [5.74, 6) is -1.56. The number of aromatic nitrogens is 2. The maximum atomic E-state index is 12.3. The van der Waals surface area contributed by atoms with Gasteiger partial charge in [-0.2, -0.15) is 0 Å². The van der Waals surface area contributed by atoms with Gasteiger partial charge in [0.1, 0.15) is 6.04 Å². The average Bonchev–Trinajstić information content (AvgIpc) is 2.50. The largest absolute Gasteiger partial charge is 0.480 e. The fourth-order valence-electron chi connectivity index (χ4n) is 2.18. The molecule has 1 aromatic heterocycles. The number of fused-ring (bicyclic) bond motifs is 1. The number of aromatic amines is 1. The number of H-pyrrole nitrogens is 1. The predicted octanol–water partition coefficient (Wildman–Crippen LogP) is 0.0593. The predicted molar refractivity (Wildman–Crippen MR) is 83.3 cm³/mol. The maximum absolute atomic E-state index is 12.3. The van der Waals surface area contributed by atoms with Crippen molar-refractivity contribution in [1.82, 2.24) is 14.9 Å². The summed E-state index contributed by atoms with van der Waals surface area (Å²) in [5.41, 5.74) is -0.483. The summed E-state index contributed by atoms with van der Waals surface area (Å²) in [6.07, 6.45) is 0.274. The van der Waals surface area contributed by atoms with Gasteiger partial charge in [-0.3, -0.25) is 19.0 Å². The lowest BCUT2D eigenvalue weighted by molar-refractivity contribution is -0.141. The van der Waals surface area contributed by atoms with Crippen LogP contribution in [0.15, 0.2) is 33.9 Å². The van der Waals surface area contributed by atoms with E-state index in [0.717, 1.165) is 4.57 Å². The number of para-hydroxylation sites is 1. The Bertz CT molecular complexity index is 852. The zero-order chi connectivity index (χ0) is 17.0. The van der Waals surface area contributed by atoms with Crippen LogP contribution in [0.25, 0.3) is 10.9 Å². The van der Waals surface area contributed by atoms with Gasteiger partial charge in [0.15, 0.2) is 0 Å². The molecule has 1 amide bonds. The molecule has 8 nitrogen and oxygen atoms in total. The van der Waals surface area contributed by atoms with Crippen molar-refractivity contribution in [3.05, 3.63) is 45.1 Å². The van der Waals surface area contributed by atoms with Crippen molar-refractivity contribution in [2.24, 2.45) is 0 Å². The van der Waals surface area contributed by atoms with E-state index in [9.17, 15) is 19.2 Å². The van der Waals surface area contributed by atoms with Crippen molar-refractivity contribution < 1.29 is 14.7 Å². The van der Waals surface area contributed by atoms with E-state index in [1.54, 1.807) is 24.3 Å². The van der Waals surface area contributed by atoms with Crippen LogP contribution in [0.2, 0.25) is 0 Å². The van der Waals surface area contributed by atoms with Gasteiger partial charge in [-0.25, -0.2) is 4.79 Å². The van der Waals surface area contributed by atoms with E-state index in [1.807, 2.05) is 0 Å². The third-order valence-electron chi connectivity index (χ3n) is 3.42. The van der Waals surface area contributed by atoms with E-state index >= 15 is 0 Å². The Morgan fingerprint density at radius 2 is 2.00 bits per heavy atom. The van der Waals surface area contributed by atoms with Crippen LogP contribution in [0.1, 0.15) is 19.8 Å². The molecule has 23 heavy (non-hydrogen) atoms. The van der Waals surface area contributed by atoms with Crippen molar-refractivity contribution in [1.29, 1.82) is 0 Å². The molecule has 3 N–H and O–H groups in total. The van der Waals surface area contributed by atoms with Crippen LogP contribution < -0.4 is 16.6 Å². The molecule has 122 valence electrons.